The third-order valence-corrected chi connectivity index (χ3v) is 1.24. The van der Waals surface area contributed by atoms with E-state index in [4.69, 9.17) is 10.2 Å². The van der Waals surface area contributed by atoms with Gasteiger partial charge >= 0.3 is 5.97 Å². The molecule has 0 saturated carbocycles. The zero-order valence-electron chi connectivity index (χ0n) is 4.78. The van der Waals surface area contributed by atoms with Crippen LogP contribution in [0.15, 0.2) is 0 Å². The van der Waals surface area contributed by atoms with E-state index >= 15 is 0 Å². The summed E-state index contributed by atoms with van der Waals surface area (Å²) in [5.41, 5.74) is 0. The molecule has 1 rings (SSSR count). The molecule has 0 amide bonds. The monoisotopic (exact) mass is 132 g/mol. The van der Waals surface area contributed by atoms with Gasteiger partial charge in [-0.25, -0.2) is 0 Å². The lowest BCUT2D eigenvalue weighted by Crippen LogP contribution is -2.38. The number of carbonyl (C=O) groups excluding carboxylic acids is 1. The van der Waals surface area contributed by atoms with Crippen molar-refractivity contribution in [1.29, 1.82) is 0 Å². The van der Waals surface area contributed by atoms with E-state index in [1.165, 1.54) is 0 Å². The predicted octanol–water partition coefficient (Wildman–Crippen LogP) is -1.34. The molecule has 1 aliphatic rings. The van der Waals surface area contributed by atoms with Crippen LogP contribution in [0.25, 0.3) is 0 Å². The molecule has 0 bridgehead atoms. The van der Waals surface area contributed by atoms with Crippen LogP contribution in [0, 0.1) is 0 Å². The molecule has 0 aromatic rings. The summed E-state index contributed by atoms with van der Waals surface area (Å²) in [5, 5.41) is 17.6. The van der Waals surface area contributed by atoms with Gasteiger partial charge in [0.15, 0.2) is 0 Å². The molecule has 0 radical (unpaired) electrons. The fourth-order valence-electron chi connectivity index (χ4n) is 0.655. The summed E-state index contributed by atoms with van der Waals surface area (Å²) >= 11 is 0. The maximum atomic E-state index is 10.3. The highest BCUT2D eigenvalue weighted by Crippen LogP contribution is 2.07. The predicted molar refractivity (Wildman–Crippen MR) is 27.6 cm³/mol. The molecule has 0 spiro atoms. The van der Waals surface area contributed by atoms with Crippen LogP contribution >= 0.6 is 0 Å². The third-order valence-electron chi connectivity index (χ3n) is 1.24. The van der Waals surface area contributed by atoms with Gasteiger partial charge in [-0.3, -0.25) is 4.79 Å². The topological polar surface area (TPSA) is 66.8 Å². The van der Waals surface area contributed by atoms with E-state index in [1.54, 1.807) is 0 Å². The number of hydrogen-bond acceptors (Lipinski definition) is 4. The first-order valence-corrected chi connectivity index (χ1v) is 2.72. The van der Waals surface area contributed by atoms with Crippen molar-refractivity contribution in [1.82, 2.24) is 0 Å². The molecule has 1 fully saturated rings. The minimum atomic E-state index is -0.939. The molecule has 1 aliphatic heterocycles. The molecule has 2 unspecified atom stereocenters. The summed E-state index contributed by atoms with van der Waals surface area (Å²) < 4.78 is 4.41. The standard InChI is InChI=1S/C5H8O4/c6-3-1-5(8)9-2-4(3)7/h3-4,6-7H,1-2H2. The van der Waals surface area contributed by atoms with Crippen molar-refractivity contribution < 1.29 is 19.7 Å². The van der Waals surface area contributed by atoms with Crippen LogP contribution in [-0.4, -0.2) is 35.0 Å². The first kappa shape index (κ1) is 6.51. The number of esters is 1. The Hall–Kier alpha value is -0.610. The van der Waals surface area contributed by atoms with E-state index in [0.29, 0.717) is 0 Å². The number of carbonyl (C=O) groups is 1. The Morgan fingerprint density at radius 3 is 2.56 bits per heavy atom. The zero-order valence-corrected chi connectivity index (χ0v) is 4.78. The lowest BCUT2D eigenvalue weighted by Gasteiger charge is -2.21. The number of aliphatic hydroxyl groups is 2. The minimum Gasteiger partial charge on any atom is -0.463 e. The van der Waals surface area contributed by atoms with Gasteiger partial charge < -0.3 is 14.9 Å². The summed E-state index contributed by atoms with van der Waals surface area (Å²) in [6, 6.07) is 0. The highest BCUT2D eigenvalue weighted by atomic mass is 16.5. The molecule has 4 heteroatoms. The first-order chi connectivity index (χ1) is 4.20. The van der Waals surface area contributed by atoms with Gasteiger partial charge in [0.1, 0.15) is 12.7 Å². The van der Waals surface area contributed by atoms with Crippen molar-refractivity contribution in [2.45, 2.75) is 18.6 Å². The normalized spacial score (nSPS) is 36.0. The van der Waals surface area contributed by atoms with Gasteiger partial charge in [0.25, 0.3) is 0 Å². The van der Waals surface area contributed by atoms with Gasteiger partial charge in [-0.05, 0) is 0 Å². The average Bonchev–Trinajstić information content (AvgIpc) is 1.80. The molecular weight excluding hydrogens is 124 g/mol. The summed E-state index contributed by atoms with van der Waals surface area (Å²) in [5.74, 6) is -0.451. The minimum absolute atomic E-state index is 0.0833. The van der Waals surface area contributed by atoms with Crippen LogP contribution in [0.5, 0.6) is 0 Å². The van der Waals surface area contributed by atoms with Crippen molar-refractivity contribution in [3.63, 3.8) is 0 Å². The second-order valence-corrected chi connectivity index (χ2v) is 2.02. The summed E-state index contributed by atoms with van der Waals surface area (Å²) in [4.78, 5) is 10.3. The summed E-state index contributed by atoms with van der Waals surface area (Å²) in [7, 11) is 0. The van der Waals surface area contributed by atoms with Gasteiger partial charge in [0, 0.05) is 0 Å². The van der Waals surface area contributed by atoms with E-state index in [9.17, 15) is 4.79 Å². The number of hydrogen-bond donors (Lipinski definition) is 2. The number of rotatable bonds is 0. The van der Waals surface area contributed by atoms with Crippen LogP contribution in [0.3, 0.4) is 0 Å². The van der Waals surface area contributed by atoms with E-state index < -0.39 is 18.2 Å². The molecule has 2 N–H and O–H groups in total. The maximum Gasteiger partial charge on any atom is 0.308 e. The van der Waals surface area contributed by atoms with Crippen LogP contribution in [0.4, 0.5) is 0 Å². The Bertz CT molecular complexity index is 122. The third kappa shape index (κ3) is 1.40. The number of ether oxygens (including phenoxy) is 1. The molecule has 4 nitrogen and oxygen atoms in total. The van der Waals surface area contributed by atoms with Gasteiger partial charge in [0.2, 0.25) is 0 Å². The Balaban J connectivity index is 2.44. The van der Waals surface area contributed by atoms with E-state index in [1.807, 2.05) is 0 Å². The average molecular weight is 132 g/mol. The highest BCUT2D eigenvalue weighted by Gasteiger charge is 2.26. The number of cyclic esters (lactones) is 1. The van der Waals surface area contributed by atoms with Crippen molar-refractivity contribution in [3.8, 4) is 0 Å². The SMILES string of the molecule is O=C1CC(O)C(O)CO1. The Labute approximate surface area is 52.1 Å². The van der Waals surface area contributed by atoms with E-state index in [-0.39, 0.29) is 13.0 Å². The molecule has 9 heavy (non-hydrogen) atoms. The van der Waals surface area contributed by atoms with Gasteiger partial charge in [0.05, 0.1) is 12.5 Å². The molecule has 0 aliphatic carbocycles. The summed E-state index contributed by atoms with van der Waals surface area (Å²) in [6.07, 6.45) is -1.94. The van der Waals surface area contributed by atoms with Gasteiger partial charge in [-0.1, -0.05) is 0 Å². The number of aliphatic hydroxyl groups excluding tert-OH is 2. The van der Waals surface area contributed by atoms with Crippen molar-refractivity contribution in [3.05, 3.63) is 0 Å². The molecule has 1 heterocycles. The first-order valence-electron chi connectivity index (χ1n) is 2.72. The fourth-order valence-corrected chi connectivity index (χ4v) is 0.655. The molecule has 1 saturated heterocycles. The van der Waals surface area contributed by atoms with Crippen LogP contribution in [-0.2, 0) is 9.53 Å². The van der Waals surface area contributed by atoms with Crippen molar-refractivity contribution in [2.24, 2.45) is 0 Å². The zero-order chi connectivity index (χ0) is 6.85. The Kier molecular flexibility index (Phi) is 1.68. The Morgan fingerprint density at radius 1 is 1.44 bits per heavy atom. The maximum absolute atomic E-state index is 10.3. The van der Waals surface area contributed by atoms with Crippen molar-refractivity contribution in [2.75, 3.05) is 6.61 Å². The fraction of sp³-hybridized carbons (Fsp3) is 0.800. The smallest absolute Gasteiger partial charge is 0.308 e. The molecule has 2 atom stereocenters. The van der Waals surface area contributed by atoms with Gasteiger partial charge in [-0.2, -0.15) is 0 Å². The quantitative estimate of drug-likeness (QED) is 0.400. The second-order valence-electron chi connectivity index (χ2n) is 2.02. The molecule has 0 aromatic carbocycles. The van der Waals surface area contributed by atoms with Gasteiger partial charge in [-0.15, -0.1) is 0 Å². The largest absolute Gasteiger partial charge is 0.463 e. The molecular formula is C5H8O4. The Morgan fingerprint density at radius 2 is 2.11 bits per heavy atom. The van der Waals surface area contributed by atoms with Crippen LogP contribution < -0.4 is 0 Å². The molecule has 0 aromatic heterocycles. The van der Waals surface area contributed by atoms with Crippen LogP contribution in [0.1, 0.15) is 6.42 Å². The summed E-state index contributed by atoms with van der Waals surface area (Å²) in [6.45, 7) is -0.0833. The lowest BCUT2D eigenvalue weighted by molar-refractivity contribution is -0.162. The lowest BCUT2D eigenvalue weighted by atomic mass is 10.1. The van der Waals surface area contributed by atoms with Crippen molar-refractivity contribution >= 4 is 5.97 Å². The van der Waals surface area contributed by atoms with Crippen LogP contribution in [0.2, 0.25) is 0 Å². The van der Waals surface area contributed by atoms with E-state index in [0.717, 1.165) is 0 Å². The second kappa shape index (κ2) is 2.33. The molecule has 52 valence electrons. The van der Waals surface area contributed by atoms with E-state index in [2.05, 4.69) is 4.74 Å². The highest BCUT2D eigenvalue weighted by molar-refractivity contribution is 5.70.